The molecule has 110 valence electrons. The van der Waals surface area contributed by atoms with Crippen molar-refractivity contribution in [3.8, 4) is 0 Å². The number of hydrogen-bond acceptors (Lipinski definition) is 4. The Morgan fingerprint density at radius 2 is 2.00 bits per heavy atom. The lowest BCUT2D eigenvalue weighted by Crippen LogP contribution is -2.41. The predicted octanol–water partition coefficient (Wildman–Crippen LogP) is 3.35. The van der Waals surface area contributed by atoms with Gasteiger partial charge in [-0.1, -0.05) is 0 Å². The Balaban J connectivity index is 1.91. The molecule has 1 aliphatic rings. The van der Waals surface area contributed by atoms with Crippen molar-refractivity contribution >= 4 is 22.0 Å². The largest absolute Gasteiger partial charge is 0.444 e. The van der Waals surface area contributed by atoms with E-state index in [1.165, 1.54) is 0 Å². The van der Waals surface area contributed by atoms with Gasteiger partial charge in [-0.2, -0.15) is 0 Å². The first-order chi connectivity index (χ1) is 9.35. The second-order valence-corrected chi connectivity index (χ2v) is 6.82. The standard InChI is InChI=1S/C14H20BrN3O2/c1-14(2,3)20-13(19)18-6-4-10(5-7-18)11-8-16-9-12(15)17-11/h8-10H,4-7H2,1-3H3. The number of ether oxygens (including phenoxy) is 1. The zero-order chi connectivity index (χ0) is 14.8. The molecule has 0 aromatic carbocycles. The van der Waals surface area contributed by atoms with Crippen molar-refractivity contribution in [2.45, 2.75) is 45.1 Å². The molecule has 1 saturated heterocycles. The number of halogens is 1. The van der Waals surface area contributed by atoms with Crippen LogP contribution in [0.25, 0.3) is 0 Å². The lowest BCUT2D eigenvalue weighted by Gasteiger charge is -2.33. The van der Waals surface area contributed by atoms with Gasteiger partial charge in [-0.3, -0.25) is 4.98 Å². The summed E-state index contributed by atoms with van der Waals surface area (Å²) in [6.07, 6.45) is 5.04. The molecule has 1 aromatic rings. The Hall–Kier alpha value is -1.17. The number of rotatable bonds is 1. The van der Waals surface area contributed by atoms with Gasteiger partial charge < -0.3 is 9.64 Å². The number of carbonyl (C=O) groups excluding carboxylic acids is 1. The van der Waals surface area contributed by atoms with Crippen molar-refractivity contribution in [1.29, 1.82) is 0 Å². The molecule has 6 heteroatoms. The fourth-order valence-corrected chi connectivity index (χ4v) is 2.56. The predicted molar refractivity (Wildman–Crippen MR) is 79.5 cm³/mol. The topological polar surface area (TPSA) is 55.3 Å². The van der Waals surface area contributed by atoms with Crippen LogP contribution in [-0.2, 0) is 4.74 Å². The van der Waals surface area contributed by atoms with Gasteiger partial charge in [0.2, 0.25) is 0 Å². The Bertz CT molecular complexity index is 480. The highest BCUT2D eigenvalue weighted by Gasteiger charge is 2.28. The van der Waals surface area contributed by atoms with Crippen molar-refractivity contribution in [2.75, 3.05) is 13.1 Å². The Labute approximate surface area is 127 Å². The summed E-state index contributed by atoms with van der Waals surface area (Å²) in [5.74, 6) is 0.360. The van der Waals surface area contributed by atoms with Gasteiger partial charge in [0.1, 0.15) is 10.2 Å². The Morgan fingerprint density at radius 1 is 1.35 bits per heavy atom. The number of carbonyl (C=O) groups is 1. The van der Waals surface area contributed by atoms with Crippen LogP contribution in [0, 0.1) is 0 Å². The number of piperidine rings is 1. The molecule has 2 heterocycles. The average molecular weight is 342 g/mol. The molecule has 0 unspecified atom stereocenters. The quantitative estimate of drug-likeness (QED) is 0.785. The zero-order valence-corrected chi connectivity index (χ0v) is 13.7. The van der Waals surface area contributed by atoms with Crippen LogP contribution in [0.1, 0.15) is 45.2 Å². The number of nitrogens with zero attached hydrogens (tertiary/aromatic N) is 3. The van der Waals surface area contributed by atoms with Crippen LogP contribution in [0.2, 0.25) is 0 Å². The maximum absolute atomic E-state index is 12.0. The highest BCUT2D eigenvalue weighted by Crippen LogP contribution is 2.27. The molecule has 0 saturated carbocycles. The Morgan fingerprint density at radius 3 is 2.55 bits per heavy atom. The highest BCUT2D eigenvalue weighted by atomic mass is 79.9. The molecule has 0 bridgehead atoms. The van der Waals surface area contributed by atoms with Gasteiger partial charge in [0.05, 0.1) is 11.9 Å². The zero-order valence-electron chi connectivity index (χ0n) is 12.1. The van der Waals surface area contributed by atoms with E-state index < -0.39 is 5.60 Å². The van der Waals surface area contributed by atoms with Crippen LogP contribution in [0.3, 0.4) is 0 Å². The van der Waals surface area contributed by atoms with Crippen LogP contribution in [-0.4, -0.2) is 39.7 Å². The minimum absolute atomic E-state index is 0.226. The fraction of sp³-hybridized carbons (Fsp3) is 0.643. The molecule has 0 atom stereocenters. The van der Waals surface area contributed by atoms with E-state index in [2.05, 4.69) is 25.9 Å². The second-order valence-electron chi connectivity index (χ2n) is 6.01. The summed E-state index contributed by atoms with van der Waals surface area (Å²) >= 11 is 3.34. The van der Waals surface area contributed by atoms with Crippen LogP contribution in [0.4, 0.5) is 4.79 Å². The van der Waals surface area contributed by atoms with Crippen LogP contribution in [0.5, 0.6) is 0 Å². The molecule has 0 spiro atoms. The minimum atomic E-state index is -0.441. The van der Waals surface area contributed by atoms with Gasteiger partial charge >= 0.3 is 6.09 Å². The van der Waals surface area contributed by atoms with E-state index in [0.29, 0.717) is 19.0 Å². The van der Waals surface area contributed by atoms with Crippen molar-refractivity contribution < 1.29 is 9.53 Å². The SMILES string of the molecule is CC(C)(C)OC(=O)N1CCC(c2cncc(Br)n2)CC1. The van der Waals surface area contributed by atoms with E-state index in [1.807, 2.05) is 20.8 Å². The molecule has 2 rings (SSSR count). The molecule has 0 radical (unpaired) electrons. The van der Waals surface area contributed by atoms with E-state index in [1.54, 1.807) is 17.3 Å². The number of aromatic nitrogens is 2. The summed E-state index contributed by atoms with van der Waals surface area (Å²) in [7, 11) is 0. The maximum Gasteiger partial charge on any atom is 0.410 e. The molecule has 1 amide bonds. The molecular formula is C14H20BrN3O2. The summed E-state index contributed by atoms with van der Waals surface area (Å²) in [5.41, 5.74) is 0.548. The summed E-state index contributed by atoms with van der Waals surface area (Å²) in [5, 5.41) is 0. The lowest BCUT2D eigenvalue weighted by atomic mass is 9.94. The number of amides is 1. The first-order valence-corrected chi connectivity index (χ1v) is 7.60. The molecule has 1 aliphatic heterocycles. The monoisotopic (exact) mass is 341 g/mol. The van der Waals surface area contributed by atoms with Crippen LogP contribution < -0.4 is 0 Å². The van der Waals surface area contributed by atoms with Gasteiger partial charge in [-0.05, 0) is 49.5 Å². The van der Waals surface area contributed by atoms with Gasteiger partial charge in [0.25, 0.3) is 0 Å². The third-order valence-electron chi connectivity index (χ3n) is 3.19. The normalized spacial score (nSPS) is 17.1. The summed E-state index contributed by atoms with van der Waals surface area (Å²) < 4.78 is 6.14. The fourth-order valence-electron chi connectivity index (χ4n) is 2.24. The van der Waals surface area contributed by atoms with Crippen molar-refractivity contribution in [3.63, 3.8) is 0 Å². The molecule has 20 heavy (non-hydrogen) atoms. The van der Waals surface area contributed by atoms with Gasteiger partial charge in [0, 0.05) is 25.2 Å². The summed E-state index contributed by atoms with van der Waals surface area (Å²) in [6, 6.07) is 0. The maximum atomic E-state index is 12.0. The van der Waals surface area contributed by atoms with E-state index in [4.69, 9.17) is 4.74 Å². The van der Waals surface area contributed by atoms with Gasteiger partial charge in [-0.25, -0.2) is 9.78 Å². The van der Waals surface area contributed by atoms with Crippen molar-refractivity contribution in [1.82, 2.24) is 14.9 Å². The van der Waals surface area contributed by atoms with Crippen molar-refractivity contribution in [2.24, 2.45) is 0 Å². The van der Waals surface area contributed by atoms with Gasteiger partial charge in [-0.15, -0.1) is 0 Å². The average Bonchev–Trinajstić information content (AvgIpc) is 2.37. The third kappa shape index (κ3) is 4.16. The molecule has 0 N–H and O–H groups in total. The smallest absolute Gasteiger partial charge is 0.410 e. The number of hydrogen-bond donors (Lipinski definition) is 0. The number of likely N-dealkylation sites (tertiary alicyclic amines) is 1. The molecule has 0 aliphatic carbocycles. The lowest BCUT2D eigenvalue weighted by molar-refractivity contribution is 0.0204. The van der Waals surface area contributed by atoms with E-state index in [-0.39, 0.29) is 6.09 Å². The van der Waals surface area contributed by atoms with E-state index >= 15 is 0 Å². The first kappa shape index (κ1) is 15.2. The van der Waals surface area contributed by atoms with Crippen LogP contribution >= 0.6 is 15.9 Å². The third-order valence-corrected chi connectivity index (χ3v) is 3.57. The summed E-state index contributed by atoms with van der Waals surface area (Å²) in [6.45, 7) is 7.06. The first-order valence-electron chi connectivity index (χ1n) is 6.80. The van der Waals surface area contributed by atoms with Gasteiger partial charge in [0.15, 0.2) is 0 Å². The second kappa shape index (κ2) is 6.08. The molecule has 5 nitrogen and oxygen atoms in total. The molecule has 1 aromatic heterocycles. The highest BCUT2D eigenvalue weighted by molar-refractivity contribution is 9.10. The van der Waals surface area contributed by atoms with E-state index in [9.17, 15) is 4.79 Å². The summed E-state index contributed by atoms with van der Waals surface area (Å²) in [4.78, 5) is 22.3. The van der Waals surface area contributed by atoms with Crippen LogP contribution in [0.15, 0.2) is 17.0 Å². The molecule has 1 fully saturated rings. The Kier molecular flexibility index (Phi) is 4.62. The van der Waals surface area contributed by atoms with Crippen molar-refractivity contribution in [3.05, 3.63) is 22.7 Å². The minimum Gasteiger partial charge on any atom is -0.444 e. The van der Waals surface area contributed by atoms with E-state index in [0.717, 1.165) is 23.1 Å². The molecular weight excluding hydrogens is 322 g/mol.